The van der Waals surface area contributed by atoms with Gasteiger partial charge in [0.15, 0.2) is 11.5 Å². The summed E-state index contributed by atoms with van der Waals surface area (Å²) in [5.41, 5.74) is 0.877. The maximum atomic E-state index is 11.4. The van der Waals surface area contributed by atoms with Crippen molar-refractivity contribution in [3.8, 4) is 11.5 Å². The molecule has 7 heteroatoms. The molecular formula is C13H16N2O5. The summed E-state index contributed by atoms with van der Waals surface area (Å²) in [4.78, 5) is 21.7. The molecule has 0 radical (unpaired) electrons. The van der Waals surface area contributed by atoms with Gasteiger partial charge in [0, 0.05) is 13.1 Å². The molecule has 2 amide bonds. The quantitative estimate of drug-likeness (QED) is 0.739. The topological polar surface area (TPSA) is 96.9 Å². The Kier molecular flexibility index (Phi) is 4.65. The van der Waals surface area contributed by atoms with Crippen LogP contribution in [0.3, 0.4) is 0 Å². The number of hydrogen-bond acceptors (Lipinski definition) is 4. The van der Waals surface area contributed by atoms with Crippen molar-refractivity contribution in [2.45, 2.75) is 13.0 Å². The Morgan fingerprint density at radius 1 is 1.15 bits per heavy atom. The average molecular weight is 280 g/mol. The Balaban J connectivity index is 1.79. The van der Waals surface area contributed by atoms with Crippen LogP contribution in [0.5, 0.6) is 11.5 Å². The van der Waals surface area contributed by atoms with Crippen LogP contribution in [0.1, 0.15) is 12.0 Å². The largest absolute Gasteiger partial charge is 0.486 e. The van der Waals surface area contributed by atoms with E-state index in [0.29, 0.717) is 31.3 Å². The van der Waals surface area contributed by atoms with Crippen molar-refractivity contribution in [1.29, 1.82) is 0 Å². The number of ether oxygens (including phenoxy) is 2. The van der Waals surface area contributed by atoms with E-state index in [9.17, 15) is 9.59 Å². The highest BCUT2D eigenvalue weighted by Crippen LogP contribution is 2.30. The van der Waals surface area contributed by atoms with Gasteiger partial charge in [-0.25, -0.2) is 4.79 Å². The summed E-state index contributed by atoms with van der Waals surface area (Å²) in [5, 5.41) is 13.5. The Morgan fingerprint density at radius 2 is 1.90 bits per heavy atom. The van der Waals surface area contributed by atoms with Crippen molar-refractivity contribution in [1.82, 2.24) is 10.6 Å². The molecule has 1 aromatic rings. The van der Waals surface area contributed by atoms with Crippen molar-refractivity contribution in [3.63, 3.8) is 0 Å². The van der Waals surface area contributed by atoms with Crippen molar-refractivity contribution in [2.75, 3.05) is 19.8 Å². The number of carbonyl (C=O) groups is 2. The van der Waals surface area contributed by atoms with Crippen LogP contribution in [-0.4, -0.2) is 36.9 Å². The summed E-state index contributed by atoms with van der Waals surface area (Å²) >= 11 is 0. The number of nitrogens with one attached hydrogen (secondary N) is 2. The maximum Gasteiger partial charge on any atom is 0.315 e. The molecular weight excluding hydrogens is 264 g/mol. The number of rotatable bonds is 5. The lowest BCUT2D eigenvalue weighted by molar-refractivity contribution is -0.136. The minimum Gasteiger partial charge on any atom is -0.486 e. The van der Waals surface area contributed by atoms with Crippen molar-refractivity contribution >= 4 is 12.0 Å². The van der Waals surface area contributed by atoms with Crippen LogP contribution in [0, 0.1) is 0 Å². The molecule has 3 N–H and O–H groups in total. The fourth-order valence-electron chi connectivity index (χ4n) is 1.73. The molecule has 0 saturated carbocycles. The number of amides is 2. The molecule has 7 nitrogen and oxygen atoms in total. The first-order valence-electron chi connectivity index (χ1n) is 6.27. The summed E-state index contributed by atoms with van der Waals surface area (Å²) in [5.74, 6) is 0.421. The molecule has 1 aliphatic rings. The van der Waals surface area contributed by atoms with E-state index in [1.54, 1.807) is 6.07 Å². The average Bonchev–Trinajstić information content (AvgIpc) is 2.44. The number of benzene rings is 1. The lowest BCUT2D eigenvalue weighted by atomic mass is 10.2. The fourth-order valence-corrected chi connectivity index (χ4v) is 1.73. The highest BCUT2D eigenvalue weighted by atomic mass is 16.6. The zero-order chi connectivity index (χ0) is 14.4. The van der Waals surface area contributed by atoms with E-state index < -0.39 is 12.0 Å². The number of carboxylic acids is 1. The third-order valence-corrected chi connectivity index (χ3v) is 2.68. The van der Waals surface area contributed by atoms with Gasteiger partial charge in [-0.3, -0.25) is 4.79 Å². The predicted octanol–water partition coefficient (Wildman–Crippen LogP) is 0.732. The third kappa shape index (κ3) is 4.04. The van der Waals surface area contributed by atoms with E-state index in [1.165, 1.54) is 0 Å². The summed E-state index contributed by atoms with van der Waals surface area (Å²) < 4.78 is 10.8. The minimum atomic E-state index is -0.947. The molecule has 1 aromatic carbocycles. The Bertz CT molecular complexity index is 504. The molecule has 1 aliphatic heterocycles. The van der Waals surface area contributed by atoms with Crippen LogP contribution < -0.4 is 20.1 Å². The van der Waals surface area contributed by atoms with E-state index >= 15 is 0 Å². The van der Waals surface area contributed by atoms with Gasteiger partial charge >= 0.3 is 12.0 Å². The van der Waals surface area contributed by atoms with Gasteiger partial charge in [-0.05, 0) is 17.7 Å². The van der Waals surface area contributed by atoms with Gasteiger partial charge < -0.3 is 25.2 Å². The smallest absolute Gasteiger partial charge is 0.315 e. The summed E-state index contributed by atoms with van der Waals surface area (Å²) in [7, 11) is 0. The zero-order valence-corrected chi connectivity index (χ0v) is 10.8. The number of carboxylic acid groups (broad SMARTS) is 1. The predicted molar refractivity (Wildman–Crippen MR) is 69.9 cm³/mol. The Labute approximate surface area is 115 Å². The summed E-state index contributed by atoms with van der Waals surface area (Å²) in [6, 6.07) is 5.05. The van der Waals surface area contributed by atoms with E-state index in [1.807, 2.05) is 12.1 Å². The van der Waals surface area contributed by atoms with Crippen LogP contribution in [0.15, 0.2) is 18.2 Å². The summed E-state index contributed by atoms with van der Waals surface area (Å²) in [6.45, 7) is 1.48. The third-order valence-electron chi connectivity index (χ3n) is 2.68. The molecule has 0 atom stereocenters. The first kappa shape index (κ1) is 14.0. The van der Waals surface area contributed by atoms with Crippen molar-refractivity contribution in [3.05, 3.63) is 23.8 Å². The van der Waals surface area contributed by atoms with Crippen molar-refractivity contribution in [2.24, 2.45) is 0 Å². The van der Waals surface area contributed by atoms with Crippen LogP contribution in [0.25, 0.3) is 0 Å². The monoisotopic (exact) mass is 280 g/mol. The van der Waals surface area contributed by atoms with Gasteiger partial charge in [0.25, 0.3) is 0 Å². The minimum absolute atomic E-state index is 0.0995. The van der Waals surface area contributed by atoms with E-state index in [0.717, 1.165) is 5.56 Å². The lowest BCUT2D eigenvalue weighted by Gasteiger charge is -2.19. The second kappa shape index (κ2) is 6.65. The van der Waals surface area contributed by atoms with E-state index in [-0.39, 0.29) is 13.0 Å². The lowest BCUT2D eigenvalue weighted by Crippen LogP contribution is -2.36. The van der Waals surface area contributed by atoms with Gasteiger partial charge in [-0.1, -0.05) is 6.07 Å². The molecule has 0 fully saturated rings. The zero-order valence-electron chi connectivity index (χ0n) is 10.8. The molecule has 0 unspecified atom stereocenters. The number of aliphatic carboxylic acids is 1. The summed E-state index contributed by atoms with van der Waals surface area (Å²) in [6.07, 6.45) is -0.0998. The van der Waals surface area contributed by atoms with Crippen LogP contribution in [0.2, 0.25) is 0 Å². The van der Waals surface area contributed by atoms with Gasteiger partial charge in [-0.15, -0.1) is 0 Å². The maximum absolute atomic E-state index is 11.4. The first-order chi connectivity index (χ1) is 9.65. The molecule has 20 heavy (non-hydrogen) atoms. The number of fused-ring (bicyclic) bond motifs is 1. The normalized spacial score (nSPS) is 12.6. The van der Waals surface area contributed by atoms with Crippen LogP contribution >= 0.6 is 0 Å². The number of carbonyl (C=O) groups excluding carboxylic acids is 1. The number of urea groups is 1. The molecule has 1 heterocycles. The van der Waals surface area contributed by atoms with Gasteiger partial charge in [0.1, 0.15) is 13.2 Å². The van der Waals surface area contributed by atoms with E-state index in [2.05, 4.69) is 10.6 Å². The van der Waals surface area contributed by atoms with Crippen LogP contribution in [0.4, 0.5) is 4.79 Å². The van der Waals surface area contributed by atoms with Crippen molar-refractivity contribution < 1.29 is 24.2 Å². The molecule has 0 aliphatic carbocycles. The Hall–Kier alpha value is -2.44. The molecule has 0 bridgehead atoms. The fraction of sp³-hybridized carbons (Fsp3) is 0.385. The number of hydrogen-bond donors (Lipinski definition) is 3. The molecule has 2 rings (SSSR count). The highest BCUT2D eigenvalue weighted by Gasteiger charge is 2.11. The van der Waals surface area contributed by atoms with Gasteiger partial charge in [-0.2, -0.15) is 0 Å². The second-order valence-electron chi connectivity index (χ2n) is 4.23. The molecule has 108 valence electrons. The molecule has 0 aromatic heterocycles. The molecule has 0 spiro atoms. The van der Waals surface area contributed by atoms with E-state index in [4.69, 9.17) is 14.6 Å². The van der Waals surface area contributed by atoms with Gasteiger partial charge in [0.05, 0.1) is 6.42 Å². The SMILES string of the molecule is O=C(O)CCNC(=O)NCc1ccc2c(c1)OCCO2. The molecule has 0 saturated heterocycles. The van der Waals surface area contributed by atoms with Crippen LogP contribution in [-0.2, 0) is 11.3 Å². The van der Waals surface area contributed by atoms with Gasteiger partial charge in [0.2, 0.25) is 0 Å². The standard InChI is InChI=1S/C13H16N2O5/c16-12(17)3-4-14-13(18)15-8-9-1-2-10-11(7-9)20-6-5-19-10/h1-2,7H,3-6,8H2,(H,16,17)(H2,14,15,18). The highest BCUT2D eigenvalue weighted by molar-refractivity contribution is 5.75. The first-order valence-corrected chi connectivity index (χ1v) is 6.27. The Morgan fingerprint density at radius 3 is 2.65 bits per heavy atom. The second-order valence-corrected chi connectivity index (χ2v) is 4.23.